The van der Waals surface area contributed by atoms with Gasteiger partial charge in [0.1, 0.15) is 5.75 Å². The van der Waals surface area contributed by atoms with Gasteiger partial charge in [-0.1, -0.05) is 0 Å². The number of aromatic nitrogens is 2. The van der Waals surface area contributed by atoms with E-state index in [1.54, 1.807) is 16.8 Å². The molecule has 2 aromatic rings. The van der Waals surface area contributed by atoms with Crippen molar-refractivity contribution in [2.75, 3.05) is 0 Å². The molecule has 0 aliphatic heterocycles. The molecule has 0 saturated heterocycles. The molecule has 1 heterocycles. The van der Waals surface area contributed by atoms with Gasteiger partial charge in [-0.3, -0.25) is 0 Å². The van der Waals surface area contributed by atoms with Gasteiger partial charge in [-0.2, -0.15) is 18.7 Å². The van der Waals surface area contributed by atoms with Gasteiger partial charge < -0.3 is 4.18 Å². The maximum absolute atomic E-state index is 10.8. The normalized spacial score (nSPS) is 11.5. The van der Waals surface area contributed by atoms with Crippen molar-refractivity contribution in [1.29, 1.82) is 0 Å². The topological polar surface area (TPSA) is 87.2 Å². The van der Waals surface area contributed by atoms with Crippen LogP contribution in [0.15, 0.2) is 30.3 Å². The molecular formula is C11H13N3O3S. The van der Waals surface area contributed by atoms with E-state index >= 15 is 0 Å². The van der Waals surface area contributed by atoms with Gasteiger partial charge in [0.2, 0.25) is 0 Å². The smallest absolute Gasteiger partial charge is 0.371 e. The Hall–Kier alpha value is -1.86. The molecule has 0 aliphatic carbocycles. The predicted molar refractivity (Wildman–Crippen MR) is 66.8 cm³/mol. The number of nitrogens with zero attached hydrogens (tertiary/aromatic N) is 2. The quantitative estimate of drug-likeness (QED) is 0.901. The van der Waals surface area contributed by atoms with Crippen LogP contribution < -0.4 is 9.32 Å². The summed E-state index contributed by atoms with van der Waals surface area (Å²) in [4.78, 5) is 0. The number of aryl methyl sites for hydroxylation is 2. The lowest BCUT2D eigenvalue weighted by Crippen LogP contribution is -2.18. The molecule has 0 aliphatic rings. The third kappa shape index (κ3) is 2.88. The zero-order chi connectivity index (χ0) is 13.3. The van der Waals surface area contributed by atoms with Crippen LogP contribution >= 0.6 is 0 Å². The van der Waals surface area contributed by atoms with Gasteiger partial charge in [0.25, 0.3) is 0 Å². The van der Waals surface area contributed by atoms with Gasteiger partial charge in [-0.15, -0.1) is 0 Å². The van der Waals surface area contributed by atoms with E-state index in [2.05, 4.69) is 9.28 Å². The molecule has 2 rings (SSSR count). The van der Waals surface area contributed by atoms with Crippen molar-refractivity contribution < 1.29 is 12.6 Å². The summed E-state index contributed by atoms with van der Waals surface area (Å²) in [6.45, 7) is 3.84. The van der Waals surface area contributed by atoms with Crippen molar-refractivity contribution in [3.63, 3.8) is 0 Å². The van der Waals surface area contributed by atoms with E-state index in [0.717, 1.165) is 17.1 Å². The molecule has 0 atom stereocenters. The van der Waals surface area contributed by atoms with Crippen molar-refractivity contribution in [1.82, 2.24) is 9.78 Å². The first-order valence-corrected chi connectivity index (χ1v) is 6.68. The summed E-state index contributed by atoms with van der Waals surface area (Å²) in [6, 6.07) is 8.42. The second kappa shape index (κ2) is 4.43. The molecule has 0 unspecified atom stereocenters. The molecule has 96 valence electrons. The third-order valence-corrected chi connectivity index (χ3v) is 2.73. The summed E-state index contributed by atoms with van der Waals surface area (Å²) in [6.07, 6.45) is 0. The van der Waals surface area contributed by atoms with E-state index in [1.807, 2.05) is 19.9 Å². The fraction of sp³-hybridized carbons (Fsp3) is 0.182. The lowest BCUT2D eigenvalue weighted by atomic mass is 10.3. The van der Waals surface area contributed by atoms with E-state index in [9.17, 15) is 8.42 Å². The highest BCUT2D eigenvalue weighted by atomic mass is 32.2. The first-order chi connectivity index (χ1) is 8.35. The zero-order valence-electron chi connectivity index (χ0n) is 9.99. The Balaban J connectivity index is 2.30. The van der Waals surface area contributed by atoms with Crippen LogP contribution in [-0.2, 0) is 10.3 Å². The largest absolute Gasteiger partial charge is 0.380 e. The van der Waals surface area contributed by atoms with Crippen LogP contribution in [0, 0.1) is 13.8 Å². The number of nitrogens with two attached hydrogens (primary N) is 1. The van der Waals surface area contributed by atoms with E-state index in [0.29, 0.717) is 0 Å². The van der Waals surface area contributed by atoms with Crippen LogP contribution in [0.25, 0.3) is 5.69 Å². The number of rotatable bonds is 3. The summed E-state index contributed by atoms with van der Waals surface area (Å²) in [5, 5.41) is 9.09. The van der Waals surface area contributed by atoms with Gasteiger partial charge in [-0.05, 0) is 44.2 Å². The van der Waals surface area contributed by atoms with Crippen molar-refractivity contribution in [3.8, 4) is 11.4 Å². The second-order valence-electron chi connectivity index (χ2n) is 3.91. The average molecular weight is 267 g/mol. The zero-order valence-corrected chi connectivity index (χ0v) is 10.8. The number of hydrogen-bond acceptors (Lipinski definition) is 4. The minimum atomic E-state index is -3.98. The Bertz CT molecular complexity index is 659. The van der Waals surface area contributed by atoms with E-state index in [4.69, 9.17) is 5.14 Å². The second-order valence-corrected chi connectivity index (χ2v) is 5.06. The number of hydrogen-bond donors (Lipinski definition) is 1. The monoisotopic (exact) mass is 267 g/mol. The van der Waals surface area contributed by atoms with E-state index in [-0.39, 0.29) is 5.75 Å². The van der Waals surface area contributed by atoms with Crippen molar-refractivity contribution >= 4 is 10.3 Å². The third-order valence-electron chi connectivity index (χ3n) is 2.30. The summed E-state index contributed by atoms with van der Waals surface area (Å²) in [5.74, 6) is 0.169. The molecule has 0 spiro atoms. The molecule has 7 heteroatoms. The summed E-state index contributed by atoms with van der Waals surface area (Å²) < 4.78 is 27.8. The minimum Gasteiger partial charge on any atom is -0.371 e. The lowest BCUT2D eigenvalue weighted by Gasteiger charge is -2.06. The van der Waals surface area contributed by atoms with Crippen molar-refractivity contribution in [2.45, 2.75) is 13.8 Å². The highest BCUT2D eigenvalue weighted by Gasteiger charge is 2.07. The van der Waals surface area contributed by atoms with Crippen molar-refractivity contribution in [3.05, 3.63) is 41.7 Å². The summed E-state index contributed by atoms with van der Waals surface area (Å²) >= 11 is 0. The Labute approximate surface area is 105 Å². The Morgan fingerprint density at radius 1 is 1.22 bits per heavy atom. The molecule has 0 bridgehead atoms. The van der Waals surface area contributed by atoms with E-state index < -0.39 is 10.3 Å². The molecule has 6 nitrogen and oxygen atoms in total. The molecule has 0 amide bonds. The fourth-order valence-electron chi connectivity index (χ4n) is 1.67. The Kier molecular flexibility index (Phi) is 3.10. The van der Waals surface area contributed by atoms with Crippen LogP contribution in [0.5, 0.6) is 5.75 Å². The predicted octanol–water partition coefficient (Wildman–Crippen LogP) is 1.07. The van der Waals surface area contributed by atoms with Crippen LogP contribution in [0.2, 0.25) is 0 Å². The summed E-state index contributed by atoms with van der Waals surface area (Å²) in [7, 11) is -3.98. The first kappa shape index (κ1) is 12.6. The van der Waals surface area contributed by atoms with Crippen LogP contribution in [0.4, 0.5) is 0 Å². The molecular weight excluding hydrogens is 254 g/mol. The molecule has 0 radical (unpaired) electrons. The average Bonchev–Trinajstić information content (AvgIpc) is 2.57. The fourth-order valence-corrected chi connectivity index (χ4v) is 2.05. The van der Waals surface area contributed by atoms with E-state index in [1.165, 1.54) is 12.1 Å². The van der Waals surface area contributed by atoms with Gasteiger partial charge in [0.15, 0.2) is 0 Å². The minimum absolute atomic E-state index is 0.169. The molecule has 0 fully saturated rings. The molecule has 18 heavy (non-hydrogen) atoms. The summed E-state index contributed by atoms with van der Waals surface area (Å²) in [5.41, 5.74) is 2.73. The first-order valence-electron chi connectivity index (χ1n) is 5.21. The van der Waals surface area contributed by atoms with Crippen LogP contribution in [0.1, 0.15) is 11.4 Å². The Morgan fingerprint density at radius 2 is 1.83 bits per heavy atom. The SMILES string of the molecule is Cc1cc(C)n(-c2ccc(OS(N)(=O)=O)cc2)n1. The molecule has 1 aromatic carbocycles. The van der Waals surface area contributed by atoms with Gasteiger partial charge in [0.05, 0.1) is 11.4 Å². The molecule has 0 saturated carbocycles. The highest BCUT2D eigenvalue weighted by Crippen LogP contribution is 2.17. The van der Waals surface area contributed by atoms with Crippen LogP contribution in [0.3, 0.4) is 0 Å². The standard InChI is InChI=1S/C11H13N3O3S/c1-8-7-9(2)14(13-8)10-3-5-11(6-4-10)17-18(12,15)16/h3-7H,1-2H3,(H2,12,15,16). The highest BCUT2D eigenvalue weighted by molar-refractivity contribution is 7.84. The molecule has 1 aromatic heterocycles. The number of benzene rings is 1. The van der Waals surface area contributed by atoms with Gasteiger partial charge in [-0.25, -0.2) is 4.68 Å². The lowest BCUT2D eigenvalue weighted by molar-refractivity contribution is 0.487. The Morgan fingerprint density at radius 3 is 2.28 bits per heavy atom. The maximum atomic E-state index is 10.8. The van der Waals surface area contributed by atoms with Crippen molar-refractivity contribution in [2.24, 2.45) is 5.14 Å². The van der Waals surface area contributed by atoms with Gasteiger partial charge >= 0.3 is 10.3 Å². The maximum Gasteiger partial charge on any atom is 0.380 e. The van der Waals surface area contributed by atoms with Gasteiger partial charge in [0, 0.05) is 5.69 Å². The molecule has 2 N–H and O–H groups in total. The van der Waals surface area contributed by atoms with Crippen LogP contribution in [-0.4, -0.2) is 18.2 Å².